The minimum atomic E-state index is -0.542. The van der Waals surface area contributed by atoms with Crippen molar-refractivity contribution in [3.8, 4) is 0 Å². The lowest BCUT2D eigenvalue weighted by atomic mass is 9.94. The second-order valence-electron chi connectivity index (χ2n) is 4.87. The van der Waals surface area contributed by atoms with E-state index in [-0.39, 0.29) is 17.8 Å². The Balaban J connectivity index is 1.83. The molecule has 1 aromatic rings. The number of rotatable bonds is 3. The van der Waals surface area contributed by atoms with Gasteiger partial charge in [0.1, 0.15) is 6.10 Å². The normalized spacial score (nSPS) is 22.1. The molecular weight excluding hydrogens is 262 g/mol. The summed E-state index contributed by atoms with van der Waals surface area (Å²) in [6.45, 7) is 0. The van der Waals surface area contributed by atoms with Crippen LogP contribution < -0.4 is 11.1 Å². The first-order valence-corrected chi connectivity index (χ1v) is 6.52. The van der Waals surface area contributed by atoms with E-state index in [2.05, 4.69) is 5.32 Å². The highest BCUT2D eigenvalue weighted by atomic mass is 16.6. The van der Waals surface area contributed by atoms with E-state index < -0.39 is 11.0 Å². The molecule has 0 radical (unpaired) electrons. The second-order valence-corrected chi connectivity index (χ2v) is 4.87. The summed E-state index contributed by atoms with van der Waals surface area (Å²) in [4.78, 5) is 21.7. The Bertz CT molecular complexity index is 481. The van der Waals surface area contributed by atoms with Gasteiger partial charge in [-0.15, -0.1) is 0 Å². The van der Waals surface area contributed by atoms with Crippen LogP contribution in [0.15, 0.2) is 24.3 Å². The molecule has 0 unspecified atom stereocenters. The molecule has 3 N–H and O–H groups in total. The first-order valence-electron chi connectivity index (χ1n) is 6.52. The number of non-ortho nitro benzene ring substituents is 1. The van der Waals surface area contributed by atoms with E-state index in [0.717, 1.165) is 25.7 Å². The number of ether oxygens (including phenoxy) is 1. The molecule has 1 amide bonds. The van der Waals surface area contributed by atoms with Crippen molar-refractivity contribution < 1.29 is 14.5 Å². The van der Waals surface area contributed by atoms with Crippen molar-refractivity contribution >= 4 is 17.5 Å². The van der Waals surface area contributed by atoms with Gasteiger partial charge in [0.25, 0.3) is 5.69 Å². The van der Waals surface area contributed by atoms with Gasteiger partial charge in [-0.25, -0.2) is 4.79 Å². The van der Waals surface area contributed by atoms with E-state index in [1.54, 1.807) is 0 Å². The molecule has 2 rings (SSSR count). The van der Waals surface area contributed by atoms with Crippen molar-refractivity contribution in [3.05, 3.63) is 34.4 Å². The lowest BCUT2D eigenvalue weighted by molar-refractivity contribution is -0.384. The van der Waals surface area contributed by atoms with Crippen LogP contribution in [0.25, 0.3) is 0 Å². The molecule has 0 spiro atoms. The molecule has 1 saturated carbocycles. The summed E-state index contributed by atoms with van der Waals surface area (Å²) in [5.74, 6) is 0. The van der Waals surface area contributed by atoms with Crippen LogP contribution in [0.2, 0.25) is 0 Å². The van der Waals surface area contributed by atoms with Gasteiger partial charge in [0.2, 0.25) is 0 Å². The van der Waals surface area contributed by atoms with E-state index in [0.29, 0.717) is 5.69 Å². The van der Waals surface area contributed by atoms with Gasteiger partial charge >= 0.3 is 6.09 Å². The maximum Gasteiger partial charge on any atom is 0.411 e. The number of carbonyl (C=O) groups is 1. The largest absolute Gasteiger partial charge is 0.446 e. The fourth-order valence-corrected chi connectivity index (χ4v) is 2.17. The monoisotopic (exact) mass is 279 g/mol. The average Bonchev–Trinajstić information content (AvgIpc) is 2.42. The zero-order valence-corrected chi connectivity index (χ0v) is 11.0. The van der Waals surface area contributed by atoms with Gasteiger partial charge in [0.05, 0.1) is 4.92 Å². The fourth-order valence-electron chi connectivity index (χ4n) is 2.17. The topological polar surface area (TPSA) is 107 Å². The highest BCUT2D eigenvalue weighted by Gasteiger charge is 2.21. The second kappa shape index (κ2) is 6.33. The van der Waals surface area contributed by atoms with Gasteiger partial charge in [-0.05, 0) is 37.8 Å². The predicted molar refractivity (Wildman–Crippen MR) is 73.4 cm³/mol. The van der Waals surface area contributed by atoms with Gasteiger partial charge in [0.15, 0.2) is 0 Å². The third-order valence-corrected chi connectivity index (χ3v) is 3.32. The summed E-state index contributed by atoms with van der Waals surface area (Å²) >= 11 is 0. The molecule has 20 heavy (non-hydrogen) atoms. The van der Waals surface area contributed by atoms with E-state index in [1.807, 2.05) is 0 Å². The first kappa shape index (κ1) is 14.3. The summed E-state index contributed by atoms with van der Waals surface area (Å²) in [5, 5.41) is 13.1. The molecule has 0 atom stereocenters. The standard InChI is InChI=1S/C13H17N3O4/c14-9-1-7-12(8-2-9)20-13(17)15-10-3-5-11(6-4-10)16(18)19/h3-6,9,12H,1-2,7-8,14H2,(H,15,17). The molecule has 1 aliphatic rings. The summed E-state index contributed by atoms with van der Waals surface area (Å²) in [6, 6.07) is 5.80. The average molecular weight is 279 g/mol. The molecule has 7 nitrogen and oxygen atoms in total. The van der Waals surface area contributed by atoms with Gasteiger partial charge in [-0.3, -0.25) is 15.4 Å². The van der Waals surface area contributed by atoms with Crippen LogP contribution in [0, 0.1) is 10.1 Å². The highest BCUT2D eigenvalue weighted by Crippen LogP contribution is 2.21. The first-order chi connectivity index (χ1) is 9.54. The van der Waals surface area contributed by atoms with E-state index in [1.165, 1.54) is 24.3 Å². The quantitative estimate of drug-likeness (QED) is 0.652. The molecule has 1 fully saturated rings. The maximum atomic E-state index is 11.7. The van der Waals surface area contributed by atoms with Gasteiger partial charge in [-0.1, -0.05) is 0 Å². The van der Waals surface area contributed by atoms with Crippen molar-refractivity contribution in [3.63, 3.8) is 0 Å². The van der Waals surface area contributed by atoms with Crippen LogP contribution >= 0.6 is 0 Å². The highest BCUT2D eigenvalue weighted by molar-refractivity contribution is 5.84. The Hall–Kier alpha value is -2.15. The number of amides is 1. The van der Waals surface area contributed by atoms with Crippen LogP contribution in [0.3, 0.4) is 0 Å². The molecule has 1 aromatic carbocycles. The van der Waals surface area contributed by atoms with E-state index >= 15 is 0 Å². The van der Waals surface area contributed by atoms with Crippen molar-refractivity contribution in [2.24, 2.45) is 5.73 Å². The number of anilines is 1. The summed E-state index contributed by atoms with van der Waals surface area (Å²) in [5.41, 5.74) is 6.22. The third kappa shape index (κ3) is 3.92. The van der Waals surface area contributed by atoms with Crippen molar-refractivity contribution in [2.45, 2.75) is 37.8 Å². The zero-order chi connectivity index (χ0) is 14.5. The number of nitrogens with one attached hydrogen (secondary N) is 1. The van der Waals surface area contributed by atoms with E-state index in [9.17, 15) is 14.9 Å². The molecule has 0 aromatic heterocycles. The van der Waals surface area contributed by atoms with Gasteiger partial charge in [-0.2, -0.15) is 0 Å². The van der Waals surface area contributed by atoms with Crippen molar-refractivity contribution in [2.75, 3.05) is 5.32 Å². The molecule has 108 valence electrons. The van der Waals surface area contributed by atoms with Crippen molar-refractivity contribution in [1.82, 2.24) is 0 Å². The Morgan fingerprint density at radius 1 is 1.25 bits per heavy atom. The SMILES string of the molecule is NC1CCC(OC(=O)Nc2ccc([N+](=O)[O-])cc2)CC1. The lowest BCUT2D eigenvalue weighted by Gasteiger charge is -2.25. The van der Waals surface area contributed by atoms with E-state index in [4.69, 9.17) is 10.5 Å². The molecule has 0 aliphatic heterocycles. The minimum absolute atomic E-state index is 0.0230. The Labute approximate surface area is 116 Å². The van der Waals surface area contributed by atoms with Crippen LogP contribution in [0.1, 0.15) is 25.7 Å². The Kier molecular flexibility index (Phi) is 4.52. The number of nitrogens with two attached hydrogens (primary N) is 1. The van der Waals surface area contributed by atoms with Crippen LogP contribution in [0.5, 0.6) is 0 Å². The van der Waals surface area contributed by atoms with Gasteiger partial charge < -0.3 is 10.5 Å². The number of hydrogen-bond donors (Lipinski definition) is 2. The molecule has 0 heterocycles. The summed E-state index contributed by atoms with van der Waals surface area (Å²) in [7, 11) is 0. The maximum absolute atomic E-state index is 11.7. The number of nitrogens with zero attached hydrogens (tertiary/aromatic N) is 1. The fraction of sp³-hybridized carbons (Fsp3) is 0.462. The molecule has 0 bridgehead atoms. The van der Waals surface area contributed by atoms with Crippen LogP contribution in [-0.4, -0.2) is 23.2 Å². The zero-order valence-electron chi connectivity index (χ0n) is 11.0. The predicted octanol–water partition coefficient (Wildman–Crippen LogP) is 2.41. The minimum Gasteiger partial charge on any atom is -0.446 e. The molecule has 1 aliphatic carbocycles. The number of carbonyl (C=O) groups excluding carboxylic acids is 1. The number of benzene rings is 1. The number of hydrogen-bond acceptors (Lipinski definition) is 5. The van der Waals surface area contributed by atoms with Crippen LogP contribution in [-0.2, 0) is 4.74 Å². The lowest BCUT2D eigenvalue weighted by Crippen LogP contribution is -2.32. The van der Waals surface area contributed by atoms with Crippen molar-refractivity contribution in [1.29, 1.82) is 0 Å². The van der Waals surface area contributed by atoms with Crippen LogP contribution in [0.4, 0.5) is 16.2 Å². The smallest absolute Gasteiger partial charge is 0.411 e. The molecule has 0 saturated heterocycles. The number of nitro benzene ring substituents is 1. The summed E-state index contributed by atoms with van der Waals surface area (Å²) in [6.07, 6.45) is 2.61. The molecular formula is C13H17N3O4. The Morgan fingerprint density at radius 3 is 2.40 bits per heavy atom. The Morgan fingerprint density at radius 2 is 1.85 bits per heavy atom. The molecule has 7 heteroatoms. The number of nitro groups is 1. The summed E-state index contributed by atoms with van der Waals surface area (Å²) < 4.78 is 5.28. The third-order valence-electron chi connectivity index (χ3n) is 3.32. The van der Waals surface area contributed by atoms with Gasteiger partial charge in [0, 0.05) is 23.9 Å².